The molecule has 0 aliphatic carbocycles. The standard InChI is InChI=1S/C38H70N6O4.2BrH/c1-33-31-35(45)39(3)37(47)41(33)25-19-13-17-23-29-43(5,6)27-21-15-11-9-10-12-16-22-28-44(7,8)30-24-18-14-20-26-42-34(2)32-36(46)40(4)38(42)48;;/h31-32H,9-30H2,1-8H3;2*1H/q+2;;/p-2. The van der Waals surface area contributed by atoms with Crippen molar-refractivity contribution in [2.24, 2.45) is 14.1 Å². The predicted molar refractivity (Wildman–Crippen MR) is 199 cm³/mol. The normalized spacial score (nSPS) is 11.8. The summed E-state index contributed by atoms with van der Waals surface area (Å²) < 4.78 is 8.01. The van der Waals surface area contributed by atoms with Gasteiger partial charge in [0.25, 0.3) is 11.1 Å². The summed E-state index contributed by atoms with van der Waals surface area (Å²) in [6.45, 7) is 9.94. The quantitative estimate of drug-likeness (QED) is 0.0963. The van der Waals surface area contributed by atoms with E-state index in [2.05, 4.69) is 28.2 Å². The third-order valence-corrected chi connectivity index (χ3v) is 10.3. The van der Waals surface area contributed by atoms with Gasteiger partial charge < -0.3 is 42.9 Å². The van der Waals surface area contributed by atoms with Gasteiger partial charge in [0.2, 0.25) is 0 Å². The van der Waals surface area contributed by atoms with E-state index in [-0.39, 0.29) is 56.5 Å². The van der Waals surface area contributed by atoms with Gasteiger partial charge in [0.1, 0.15) is 0 Å². The Balaban J connectivity index is 0.0000120. The molecule has 2 aromatic rings. The Morgan fingerprint density at radius 3 is 0.960 bits per heavy atom. The summed E-state index contributed by atoms with van der Waals surface area (Å²) in [5, 5.41) is 0. The number of quaternary nitrogens is 2. The highest BCUT2D eigenvalue weighted by Crippen LogP contribution is 2.14. The van der Waals surface area contributed by atoms with Crippen LogP contribution in [-0.2, 0) is 27.2 Å². The number of halogens is 2. The van der Waals surface area contributed by atoms with Crippen molar-refractivity contribution in [3.63, 3.8) is 0 Å². The SMILES string of the molecule is Cc1cc(=O)n(C)c(=O)n1CCCCCC[N+](C)(C)CCCCCCCCCC[N+](C)(C)CCCCCCn1c(C)cc(=O)n(C)c1=O.[Br-].[Br-]. The molecule has 12 heteroatoms. The van der Waals surface area contributed by atoms with Gasteiger partial charge in [0, 0.05) is 50.7 Å². The van der Waals surface area contributed by atoms with Gasteiger partial charge in [0.15, 0.2) is 0 Å². The highest BCUT2D eigenvalue weighted by Gasteiger charge is 2.15. The smallest absolute Gasteiger partial charge is 0.330 e. The van der Waals surface area contributed by atoms with Crippen molar-refractivity contribution in [1.82, 2.24) is 18.3 Å². The summed E-state index contributed by atoms with van der Waals surface area (Å²) in [5.41, 5.74) is 0.626. The second-order valence-corrected chi connectivity index (χ2v) is 15.7. The van der Waals surface area contributed by atoms with Crippen LogP contribution in [0.4, 0.5) is 0 Å². The third kappa shape index (κ3) is 17.6. The molecule has 0 aliphatic heterocycles. The molecule has 2 aromatic heterocycles. The lowest BCUT2D eigenvalue weighted by Gasteiger charge is -2.30. The van der Waals surface area contributed by atoms with Crippen molar-refractivity contribution in [3.8, 4) is 0 Å². The molecule has 10 nitrogen and oxygen atoms in total. The molecule has 0 spiro atoms. The van der Waals surface area contributed by atoms with Crippen LogP contribution >= 0.6 is 0 Å². The Bertz CT molecular complexity index is 1380. The Morgan fingerprint density at radius 2 is 0.680 bits per heavy atom. The highest BCUT2D eigenvalue weighted by molar-refractivity contribution is 5.00. The summed E-state index contributed by atoms with van der Waals surface area (Å²) >= 11 is 0. The van der Waals surface area contributed by atoms with E-state index in [0.717, 1.165) is 46.0 Å². The lowest BCUT2D eigenvalue weighted by Crippen LogP contribution is -3.00. The number of aryl methyl sites for hydroxylation is 2. The van der Waals surface area contributed by atoms with E-state index in [1.807, 2.05) is 13.8 Å². The Morgan fingerprint density at radius 1 is 0.440 bits per heavy atom. The average molecular weight is 835 g/mol. The number of aromatic nitrogens is 4. The van der Waals surface area contributed by atoms with Crippen LogP contribution in [0, 0.1) is 13.8 Å². The van der Waals surface area contributed by atoms with Crippen LogP contribution in [0.3, 0.4) is 0 Å². The first-order chi connectivity index (χ1) is 22.6. The fraction of sp³-hybridized carbons (Fsp3) is 0.789. The van der Waals surface area contributed by atoms with Gasteiger partial charge in [-0.25, -0.2) is 9.59 Å². The molecule has 0 atom stereocenters. The molecule has 0 fully saturated rings. The fourth-order valence-electron chi connectivity index (χ4n) is 6.79. The molecular formula is C38H70Br2N6O4. The first-order valence-corrected chi connectivity index (χ1v) is 18.8. The zero-order valence-corrected chi connectivity index (χ0v) is 36.0. The van der Waals surface area contributed by atoms with Gasteiger partial charge in [0.05, 0.1) is 54.4 Å². The van der Waals surface area contributed by atoms with E-state index < -0.39 is 0 Å². The zero-order valence-electron chi connectivity index (χ0n) is 32.8. The van der Waals surface area contributed by atoms with E-state index in [1.165, 1.54) is 112 Å². The van der Waals surface area contributed by atoms with Crippen LogP contribution in [0.2, 0.25) is 0 Å². The molecule has 0 aliphatic rings. The van der Waals surface area contributed by atoms with Crippen molar-refractivity contribution >= 4 is 0 Å². The maximum Gasteiger partial charge on any atom is 0.330 e. The minimum absolute atomic E-state index is 0. The van der Waals surface area contributed by atoms with E-state index in [1.54, 1.807) is 35.4 Å². The second-order valence-electron chi connectivity index (χ2n) is 15.7. The lowest BCUT2D eigenvalue weighted by molar-refractivity contribution is -0.890. The molecule has 0 N–H and O–H groups in total. The molecule has 2 rings (SSSR count). The zero-order chi connectivity index (χ0) is 35.7. The Labute approximate surface area is 323 Å². The summed E-state index contributed by atoms with van der Waals surface area (Å²) in [6, 6.07) is 3.09. The van der Waals surface area contributed by atoms with Crippen molar-refractivity contribution in [2.45, 2.75) is 130 Å². The summed E-state index contributed by atoms with van der Waals surface area (Å²) in [4.78, 5) is 48.2. The highest BCUT2D eigenvalue weighted by atomic mass is 79.9. The van der Waals surface area contributed by atoms with Crippen LogP contribution in [0.15, 0.2) is 31.3 Å². The number of hydrogen-bond acceptors (Lipinski definition) is 4. The molecule has 0 saturated carbocycles. The molecule has 0 saturated heterocycles. The largest absolute Gasteiger partial charge is 1.00 e. The first kappa shape index (κ1) is 48.2. The number of nitrogens with zero attached hydrogens (tertiary/aromatic N) is 6. The van der Waals surface area contributed by atoms with Crippen molar-refractivity contribution in [1.29, 1.82) is 0 Å². The predicted octanol–water partition coefficient (Wildman–Crippen LogP) is -0.873. The van der Waals surface area contributed by atoms with Crippen LogP contribution < -0.4 is 56.5 Å². The first-order valence-electron chi connectivity index (χ1n) is 18.8. The van der Waals surface area contributed by atoms with Gasteiger partial charge in [-0.05, 0) is 78.1 Å². The second kappa shape index (κ2) is 24.5. The minimum atomic E-state index is -0.232. The van der Waals surface area contributed by atoms with Crippen molar-refractivity contribution in [3.05, 3.63) is 65.2 Å². The van der Waals surface area contributed by atoms with Crippen molar-refractivity contribution < 1.29 is 42.9 Å². The van der Waals surface area contributed by atoms with E-state index in [4.69, 9.17) is 0 Å². The molecular weight excluding hydrogens is 764 g/mol. The summed E-state index contributed by atoms with van der Waals surface area (Å²) in [6.07, 6.45) is 19.6. The molecule has 290 valence electrons. The maximum atomic E-state index is 12.3. The average Bonchev–Trinajstić information content (AvgIpc) is 3.01. The van der Waals surface area contributed by atoms with Crippen LogP contribution in [0.1, 0.15) is 114 Å². The van der Waals surface area contributed by atoms with Gasteiger partial charge in [-0.15, -0.1) is 0 Å². The van der Waals surface area contributed by atoms with Crippen LogP contribution in [-0.4, -0.2) is 81.6 Å². The van der Waals surface area contributed by atoms with Crippen LogP contribution in [0.25, 0.3) is 0 Å². The van der Waals surface area contributed by atoms with E-state index >= 15 is 0 Å². The molecule has 0 amide bonds. The Kier molecular flexibility index (Phi) is 23.6. The number of rotatable bonds is 25. The minimum Gasteiger partial charge on any atom is -1.00 e. The van der Waals surface area contributed by atoms with E-state index in [0.29, 0.717) is 13.1 Å². The molecule has 2 heterocycles. The topological polar surface area (TPSA) is 88.0 Å². The molecule has 0 radical (unpaired) electrons. The van der Waals surface area contributed by atoms with E-state index in [9.17, 15) is 19.2 Å². The molecule has 0 unspecified atom stereocenters. The molecule has 0 bridgehead atoms. The van der Waals surface area contributed by atoms with Gasteiger partial charge in [-0.1, -0.05) is 38.5 Å². The molecule has 50 heavy (non-hydrogen) atoms. The lowest BCUT2D eigenvalue weighted by atomic mass is 10.1. The van der Waals surface area contributed by atoms with Crippen LogP contribution in [0.5, 0.6) is 0 Å². The van der Waals surface area contributed by atoms with Crippen molar-refractivity contribution in [2.75, 3.05) is 54.4 Å². The summed E-state index contributed by atoms with van der Waals surface area (Å²) in [5.74, 6) is 0. The summed E-state index contributed by atoms with van der Waals surface area (Å²) in [7, 11) is 12.5. The Hall–Kier alpha value is -1.76. The molecule has 0 aromatic carbocycles. The maximum absolute atomic E-state index is 12.3. The number of hydrogen-bond donors (Lipinski definition) is 0. The third-order valence-electron chi connectivity index (χ3n) is 10.3. The fourth-order valence-corrected chi connectivity index (χ4v) is 6.79. The number of unbranched alkanes of at least 4 members (excludes halogenated alkanes) is 13. The van der Waals surface area contributed by atoms with Gasteiger partial charge in [-0.3, -0.25) is 27.9 Å². The monoisotopic (exact) mass is 832 g/mol. The van der Waals surface area contributed by atoms with Gasteiger partial charge >= 0.3 is 11.4 Å². The van der Waals surface area contributed by atoms with Gasteiger partial charge in [-0.2, -0.15) is 0 Å².